The van der Waals surface area contributed by atoms with Crippen molar-refractivity contribution >= 4 is 23.2 Å². The second kappa shape index (κ2) is 12.3. The first-order chi connectivity index (χ1) is 18.3. The highest BCUT2D eigenvalue weighted by molar-refractivity contribution is 6.32. The lowest BCUT2D eigenvalue weighted by atomic mass is 10.1. The van der Waals surface area contributed by atoms with Crippen LogP contribution >= 0.6 is 23.2 Å². The van der Waals surface area contributed by atoms with Gasteiger partial charge in [-0.15, -0.1) is 10.2 Å². The van der Waals surface area contributed by atoms with Gasteiger partial charge in [-0.3, -0.25) is 5.32 Å². The molecule has 2 atom stereocenters. The fourth-order valence-corrected chi connectivity index (χ4v) is 3.89. The molecule has 0 fully saturated rings. The third kappa shape index (κ3) is 6.65. The molecule has 0 bridgehead atoms. The van der Waals surface area contributed by atoms with Gasteiger partial charge in [-0.05, 0) is 42.0 Å². The fraction of sp³-hybridized carbons (Fsp3) is 0.192. The molecule has 2 unspecified atom stereocenters. The number of rotatable bonds is 10. The van der Waals surface area contributed by atoms with E-state index >= 15 is 4.39 Å². The van der Waals surface area contributed by atoms with E-state index < -0.39 is 24.8 Å². The molecule has 4 N–H and O–H groups in total. The van der Waals surface area contributed by atoms with Crippen molar-refractivity contribution in [1.29, 1.82) is 5.26 Å². The van der Waals surface area contributed by atoms with E-state index in [1.165, 1.54) is 30.3 Å². The van der Waals surface area contributed by atoms with Gasteiger partial charge < -0.3 is 24.5 Å². The molecular weight excluding hydrogens is 538 g/mol. The number of aliphatic hydroxyl groups is 3. The van der Waals surface area contributed by atoms with Crippen molar-refractivity contribution in [2.45, 2.75) is 18.8 Å². The number of halogens is 3. The molecule has 0 aliphatic heterocycles. The molecule has 0 radical (unpaired) electrons. The van der Waals surface area contributed by atoms with E-state index in [2.05, 4.69) is 15.5 Å². The summed E-state index contributed by atoms with van der Waals surface area (Å²) in [5.74, 6) is -0.558. The second-order valence-electron chi connectivity index (χ2n) is 8.19. The van der Waals surface area contributed by atoms with Crippen molar-refractivity contribution in [3.05, 3.63) is 93.0 Å². The van der Waals surface area contributed by atoms with E-state index in [1.807, 2.05) is 6.07 Å². The highest BCUT2D eigenvalue weighted by Gasteiger charge is 2.19. The average molecular weight is 559 g/mol. The van der Waals surface area contributed by atoms with Crippen LogP contribution in [0.15, 0.2) is 59.0 Å². The van der Waals surface area contributed by atoms with Gasteiger partial charge in [0.2, 0.25) is 11.8 Å². The van der Waals surface area contributed by atoms with Crippen molar-refractivity contribution in [1.82, 2.24) is 15.5 Å². The van der Waals surface area contributed by atoms with Crippen molar-refractivity contribution < 1.29 is 28.9 Å². The predicted octanol–water partition coefficient (Wildman–Crippen LogP) is 4.37. The predicted molar refractivity (Wildman–Crippen MR) is 136 cm³/mol. The van der Waals surface area contributed by atoms with Crippen LogP contribution < -0.4 is 10.1 Å². The van der Waals surface area contributed by atoms with Gasteiger partial charge in [-0.25, -0.2) is 4.39 Å². The number of ether oxygens (including phenoxy) is 1. The zero-order chi connectivity index (χ0) is 27.2. The largest absolute Gasteiger partial charge is 0.453 e. The Bertz CT molecular complexity index is 1480. The number of nitriles is 1. The average Bonchev–Trinajstić information content (AvgIpc) is 3.39. The minimum atomic E-state index is -1.11. The van der Waals surface area contributed by atoms with Crippen LogP contribution in [-0.4, -0.2) is 44.8 Å². The van der Waals surface area contributed by atoms with E-state index in [0.29, 0.717) is 11.1 Å². The van der Waals surface area contributed by atoms with Crippen LogP contribution in [0.1, 0.15) is 28.8 Å². The summed E-state index contributed by atoms with van der Waals surface area (Å²) < 4.78 is 26.7. The first-order valence-corrected chi connectivity index (χ1v) is 12.0. The minimum Gasteiger partial charge on any atom is -0.453 e. The summed E-state index contributed by atoms with van der Waals surface area (Å²) in [5.41, 5.74) is 1.41. The Morgan fingerprint density at radius 1 is 1.11 bits per heavy atom. The molecule has 1 aromatic heterocycles. The van der Waals surface area contributed by atoms with E-state index in [4.69, 9.17) is 42.7 Å². The monoisotopic (exact) mass is 558 g/mol. The number of hydrogen-bond acceptors (Lipinski definition) is 9. The molecule has 196 valence electrons. The molecule has 0 saturated carbocycles. The normalized spacial score (nSPS) is 12.7. The minimum absolute atomic E-state index is 0.0121. The summed E-state index contributed by atoms with van der Waals surface area (Å²) in [6.45, 7) is -0.448. The van der Waals surface area contributed by atoms with Crippen molar-refractivity contribution in [3.63, 3.8) is 0 Å². The van der Waals surface area contributed by atoms with E-state index in [1.54, 1.807) is 24.3 Å². The Morgan fingerprint density at radius 3 is 2.68 bits per heavy atom. The molecule has 0 aliphatic carbocycles. The third-order valence-electron chi connectivity index (χ3n) is 5.36. The number of nitrogens with zero attached hydrogens (tertiary/aromatic N) is 3. The van der Waals surface area contributed by atoms with E-state index in [9.17, 15) is 10.2 Å². The summed E-state index contributed by atoms with van der Waals surface area (Å²) in [6, 6.07) is 15.8. The third-order valence-corrected chi connectivity index (χ3v) is 5.88. The Balaban J connectivity index is 1.52. The molecule has 0 amide bonds. The van der Waals surface area contributed by atoms with Gasteiger partial charge in [0.15, 0.2) is 11.6 Å². The van der Waals surface area contributed by atoms with E-state index in [0.717, 1.165) is 0 Å². The van der Waals surface area contributed by atoms with Gasteiger partial charge >= 0.3 is 0 Å². The topological polar surface area (TPSA) is 145 Å². The first-order valence-electron chi connectivity index (χ1n) is 11.3. The van der Waals surface area contributed by atoms with Crippen LogP contribution in [0.4, 0.5) is 4.39 Å². The lowest BCUT2D eigenvalue weighted by Crippen LogP contribution is -2.32. The summed E-state index contributed by atoms with van der Waals surface area (Å²) in [6.07, 6.45) is -2.18. The van der Waals surface area contributed by atoms with Gasteiger partial charge in [0.1, 0.15) is 12.0 Å². The molecular formula is C26H21Cl2FN4O5. The fourth-order valence-electron chi connectivity index (χ4n) is 3.48. The van der Waals surface area contributed by atoms with Crippen LogP contribution in [0.5, 0.6) is 11.5 Å². The summed E-state index contributed by atoms with van der Waals surface area (Å²) in [7, 11) is 0. The molecule has 0 spiro atoms. The molecule has 4 rings (SSSR count). The molecule has 4 aromatic rings. The van der Waals surface area contributed by atoms with Crippen molar-refractivity contribution in [2.24, 2.45) is 0 Å². The maximum Gasteiger partial charge on any atom is 0.247 e. The van der Waals surface area contributed by atoms with Crippen molar-refractivity contribution in [2.75, 3.05) is 13.2 Å². The number of benzene rings is 3. The molecule has 0 saturated heterocycles. The SMILES string of the molecule is N#Cc1cc(Cl)cc(Oc2c(Cl)ccc(Cc3nnc(-c4cccc(C(O)NCC(O)CO)c4)o3)c2F)c1. The van der Waals surface area contributed by atoms with Crippen LogP contribution in [0.2, 0.25) is 10.0 Å². The lowest BCUT2D eigenvalue weighted by Gasteiger charge is -2.15. The molecule has 12 heteroatoms. The molecule has 0 aliphatic rings. The first kappa shape index (κ1) is 27.5. The summed E-state index contributed by atoms with van der Waals surface area (Å²) in [4.78, 5) is 0. The van der Waals surface area contributed by atoms with Crippen LogP contribution in [0.25, 0.3) is 11.5 Å². The molecule has 38 heavy (non-hydrogen) atoms. The summed E-state index contributed by atoms with van der Waals surface area (Å²) >= 11 is 12.2. The van der Waals surface area contributed by atoms with Crippen molar-refractivity contribution in [3.8, 4) is 29.0 Å². The maximum atomic E-state index is 15.3. The van der Waals surface area contributed by atoms with Gasteiger partial charge in [0, 0.05) is 22.7 Å². The number of aliphatic hydroxyl groups excluding tert-OH is 3. The Hall–Kier alpha value is -3.56. The molecule has 3 aromatic carbocycles. The van der Waals surface area contributed by atoms with E-state index in [-0.39, 0.29) is 57.4 Å². The van der Waals surface area contributed by atoms with Crippen LogP contribution in [0, 0.1) is 17.1 Å². The Morgan fingerprint density at radius 2 is 1.92 bits per heavy atom. The zero-order valence-electron chi connectivity index (χ0n) is 19.6. The van der Waals surface area contributed by atoms with Crippen LogP contribution in [-0.2, 0) is 6.42 Å². The zero-order valence-corrected chi connectivity index (χ0v) is 21.1. The maximum absolute atomic E-state index is 15.3. The number of nitrogens with one attached hydrogen (secondary N) is 1. The Kier molecular flexibility index (Phi) is 8.91. The quantitative estimate of drug-likeness (QED) is 0.208. The standard InChI is InChI=1S/C26H21Cl2FN4O5/c27-18-6-14(11-30)7-20(10-18)37-24-21(28)5-4-15(23(24)29)9-22-32-33-26(38-22)17-3-1-2-16(8-17)25(36)31-12-19(35)13-34/h1-8,10,19,25,31,34-36H,9,12-13H2. The smallest absolute Gasteiger partial charge is 0.247 e. The Labute approximate surface area is 226 Å². The van der Waals surface area contributed by atoms with Gasteiger partial charge in [-0.2, -0.15) is 5.26 Å². The van der Waals surface area contributed by atoms with Crippen LogP contribution in [0.3, 0.4) is 0 Å². The second-order valence-corrected chi connectivity index (χ2v) is 9.03. The lowest BCUT2D eigenvalue weighted by molar-refractivity contribution is 0.0669. The molecule has 1 heterocycles. The highest BCUT2D eigenvalue weighted by atomic mass is 35.5. The van der Waals surface area contributed by atoms with Gasteiger partial charge in [-0.1, -0.05) is 41.4 Å². The summed E-state index contributed by atoms with van der Waals surface area (Å²) in [5, 5.41) is 48.8. The number of aromatic nitrogens is 2. The number of hydrogen-bond donors (Lipinski definition) is 4. The highest BCUT2D eigenvalue weighted by Crippen LogP contribution is 2.36. The van der Waals surface area contributed by atoms with Gasteiger partial charge in [0.05, 0.1) is 35.8 Å². The molecule has 9 nitrogen and oxygen atoms in total. The van der Waals surface area contributed by atoms with Gasteiger partial charge in [0.25, 0.3) is 0 Å².